The van der Waals surface area contributed by atoms with E-state index in [0.717, 1.165) is 5.56 Å². The maximum absolute atomic E-state index is 12.0. The second kappa shape index (κ2) is 7.31. The Bertz CT molecular complexity index is 490. The predicted octanol–water partition coefficient (Wildman–Crippen LogP) is 2.09. The van der Waals surface area contributed by atoms with E-state index < -0.39 is 10.0 Å². The van der Waals surface area contributed by atoms with E-state index in [2.05, 4.69) is 4.72 Å². The molecule has 0 saturated heterocycles. The molecule has 0 saturated carbocycles. The molecule has 0 spiro atoms. The molecule has 0 heterocycles. The van der Waals surface area contributed by atoms with Gasteiger partial charge in [0.05, 0.1) is 5.02 Å². The average molecular weight is 313 g/mol. The molecule has 1 unspecified atom stereocenters. The lowest BCUT2D eigenvalue weighted by atomic mass is 10.2. The third-order valence-electron chi connectivity index (χ3n) is 2.34. The Kier molecular flexibility index (Phi) is 7.17. The molecule has 104 valence electrons. The van der Waals surface area contributed by atoms with Gasteiger partial charge in [0.2, 0.25) is 10.0 Å². The minimum atomic E-state index is -3.55. The van der Waals surface area contributed by atoms with Crippen molar-refractivity contribution in [1.29, 1.82) is 0 Å². The van der Waals surface area contributed by atoms with E-state index in [0.29, 0.717) is 13.0 Å². The highest BCUT2D eigenvalue weighted by Gasteiger charge is 2.18. The number of sulfonamides is 1. The zero-order valence-electron chi connectivity index (χ0n) is 10.3. The lowest BCUT2D eigenvalue weighted by Crippen LogP contribution is -2.29. The Morgan fingerprint density at radius 3 is 2.61 bits per heavy atom. The first-order chi connectivity index (χ1) is 7.84. The highest BCUT2D eigenvalue weighted by Crippen LogP contribution is 2.24. The predicted molar refractivity (Wildman–Crippen MR) is 76.9 cm³/mol. The molecule has 1 aromatic carbocycles. The summed E-state index contributed by atoms with van der Waals surface area (Å²) in [6, 6.07) is 4.89. The van der Waals surface area contributed by atoms with Crippen molar-refractivity contribution in [3.05, 3.63) is 28.8 Å². The molecule has 0 bridgehead atoms. The molecule has 3 N–H and O–H groups in total. The minimum absolute atomic E-state index is 0. The van der Waals surface area contributed by atoms with E-state index in [-0.39, 0.29) is 28.4 Å². The number of rotatable bonds is 5. The molecule has 0 radical (unpaired) electrons. The lowest BCUT2D eigenvalue weighted by molar-refractivity contribution is 0.572. The fraction of sp³-hybridized carbons (Fsp3) is 0.455. The summed E-state index contributed by atoms with van der Waals surface area (Å²) in [6.45, 7) is 3.90. The van der Waals surface area contributed by atoms with Gasteiger partial charge >= 0.3 is 0 Å². The first-order valence-electron chi connectivity index (χ1n) is 5.35. The smallest absolute Gasteiger partial charge is 0.242 e. The minimum Gasteiger partial charge on any atom is -0.328 e. The summed E-state index contributed by atoms with van der Waals surface area (Å²) in [4.78, 5) is 0.115. The molecule has 7 heteroatoms. The standard InChI is InChI=1S/C11H17ClN2O2S.ClH/c1-8-4-3-5-10(11(8)12)17(15,16)14-7-6-9(2)13;/h3-5,9,14H,6-7,13H2,1-2H3;1H. The zero-order chi connectivity index (χ0) is 13.1. The van der Waals surface area contributed by atoms with Gasteiger partial charge < -0.3 is 5.73 Å². The molecule has 1 rings (SSSR count). The van der Waals surface area contributed by atoms with Crippen LogP contribution in [0.25, 0.3) is 0 Å². The van der Waals surface area contributed by atoms with Gasteiger partial charge in [0.1, 0.15) is 4.90 Å². The summed E-state index contributed by atoms with van der Waals surface area (Å²) in [5.41, 5.74) is 6.29. The van der Waals surface area contributed by atoms with Crippen LogP contribution in [-0.2, 0) is 10.0 Å². The maximum Gasteiger partial charge on any atom is 0.242 e. The Hall–Kier alpha value is -0.330. The monoisotopic (exact) mass is 312 g/mol. The third kappa shape index (κ3) is 4.74. The van der Waals surface area contributed by atoms with E-state index in [1.165, 1.54) is 6.07 Å². The molecule has 0 fully saturated rings. The fourth-order valence-electron chi connectivity index (χ4n) is 1.33. The highest BCUT2D eigenvalue weighted by molar-refractivity contribution is 7.89. The van der Waals surface area contributed by atoms with Crippen molar-refractivity contribution >= 4 is 34.0 Å². The first kappa shape index (κ1) is 17.7. The number of nitrogens with one attached hydrogen (secondary N) is 1. The summed E-state index contributed by atoms with van der Waals surface area (Å²) in [7, 11) is -3.55. The van der Waals surface area contributed by atoms with Crippen LogP contribution in [0.15, 0.2) is 23.1 Å². The summed E-state index contributed by atoms with van der Waals surface area (Å²) in [5.74, 6) is 0. The Balaban J connectivity index is 0.00000289. The van der Waals surface area contributed by atoms with Crippen LogP contribution in [0.4, 0.5) is 0 Å². The van der Waals surface area contributed by atoms with Crippen LogP contribution in [0.3, 0.4) is 0 Å². The summed E-state index contributed by atoms with van der Waals surface area (Å²) >= 11 is 5.98. The normalized spacial score (nSPS) is 12.9. The van der Waals surface area contributed by atoms with Crippen LogP contribution in [0.1, 0.15) is 18.9 Å². The van der Waals surface area contributed by atoms with Gasteiger partial charge in [-0.15, -0.1) is 12.4 Å². The maximum atomic E-state index is 12.0. The topological polar surface area (TPSA) is 72.2 Å². The van der Waals surface area contributed by atoms with Gasteiger partial charge in [-0.05, 0) is 31.9 Å². The van der Waals surface area contributed by atoms with Crippen LogP contribution < -0.4 is 10.5 Å². The number of hydrogen-bond donors (Lipinski definition) is 2. The Labute approximate surface area is 119 Å². The molecule has 4 nitrogen and oxygen atoms in total. The van der Waals surface area contributed by atoms with Crippen LogP contribution in [0.5, 0.6) is 0 Å². The zero-order valence-corrected chi connectivity index (χ0v) is 12.7. The van der Waals surface area contributed by atoms with Gasteiger partial charge in [0.25, 0.3) is 0 Å². The van der Waals surface area contributed by atoms with Crippen molar-refractivity contribution < 1.29 is 8.42 Å². The molecule has 0 amide bonds. The van der Waals surface area contributed by atoms with E-state index in [1.54, 1.807) is 19.1 Å². The summed E-state index contributed by atoms with van der Waals surface area (Å²) < 4.78 is 26.4. The van der Waals surface area contributed by atoms with Crippen LogP contribution in [0, 0.1) is 6.92 Å². The first-order valence-corrected chi connectivity index (χ1v) is 7.21. The van der Waals surface area contributed by atoms with E-state index in [9.17, 15) is 8.42 Å². The summed E-state index contributed by atoms with van der Waals surface area (Å²) in [6.07, 6.45) is 0.586. The number of hydrogen-bond acceptors (Lipinski definition) is 3. The third-order valence-corrected chi connectivity index (χ3v) is 4.45. The van der Waals surface area contributed by atoms with E-state index >= 15 is 0 Å². The SMILES string of the molecule is Cc1cccc(S(=O)(=O)NCCC(C)N)c1Cl.Cl. The van der Waals surface area contributed by atoms with Crippen molar-refractivity contribution in [3.63, 3.8) is 0 Å². The van der Waals surface area contributed by atoms with E-state index in [1.807, 2.05) is 6.92 Å². The van der Waals surface area contributed by atoms with Crippen molar-refractivity contribution in [2.45, 2.75) is 31.2 Å². The van der Waals surface area contributed by atoms with Gasteiger partial charge in [0, 0.05) is 12.6 Å². The fourth-order valence-corrected chi connectivity index (χ4v) is 2.95. The Morgan fingerprint density at radius 1 is 1.44 bits per heavy atom. The lowest BCUT2D eigenvalue weighted by Gasteiger charge is -2.10. The van der Waals surface area contributed by atoms with Crippen molar-refractivity contribution in [2.75, 3.05) is 6.54 Å². The molecule has 0 aromatic heterocycles. The average Bonchev–Trinajstić information content (AvgIpc) is 2.21. The molecular formula is C11H18Cl2N2O2S. The van der Waals surface area contributed by atoms with Gasteiger partial charge in [-0.25, -0.2) is 13.1 Å². The second-order valence-corrected chi connectivity index (χ2v) is 6.16. The number of halogens is 2. The van der Waals surface area contributed by atoms with E-state index in [4.69, 9.17) is 17.3 Å². The van der Waals surface area contributed by atoms with Crippen molar-refractivity contribution in [1.82, 2.24) is 4.72 Å². The Morgan fingerprint density at radius 2 is 2.06 bits per heavy atom. The molecular weight excluding hydrogens is 295 g/mol. The summed E-state index contributed by atoms with van der Waals surface area (Å²) in [5, 5.41) is 0.265. The van der Waals surface area contributed by atoms with Gasteiger partial charge in [-0.1, -0.05) is 23.7 Å². The van der Waals surface area contributed by atoms with Gasteiger partial charge in [-0.2, -0.15) is 0 Å². The molecule has 0 aliphatic carbocycles. The van der Waals surface area contributed by atoms with Gasteiger partial charge in [0.15, 0.2) is 0 Å². The van der Waals surface area contributed by atoms with Crippen LogP contribution in [0.2, 0.25) is 5.02 Å². The molecule has 18 heavy (non-hydrogen) atoms. The number of nitrogens with two attached hydrogens (primary N) is 1. The van der Waals surface area contributed by atoms with Crippen LogP contribution in [-0.4, -0.2) is 21.0 Å². The molecule has 1 aromatic rings. The quantitative estimate of drug-likeness (QED) is 0.874. The number of benzene rings is 1. The molecule has 1 atom stereocenters. The second-order valence-electron chi connectivity index (χ2n) is 4.05. The van der Waals surface area contributed by atoms with Crippen molar-refractivity contribution in [2.24, 2.45) is 5.73 Å². The largest absolute Gasteiger partial charge is 0.328 e. The van der Waals surface area contributed by atoms with Crippen LogP contribution >= 0.6 is 24.0 Å². The number of aryl methyl sites for hydroxylation is 1. The van der Waals surface area contributed by atoms with Crippen molar-refractivity contribution in [3.8, 4) is 0 Å². The van der Waals surface area contributed by atoms with Gasteiger partial charge in [-0.3, -0.25) is 0 Å². The molecule has 0 aliphatic heterocycles. The molecule has 0 aliphatic rings. The highest BCUT2D eigenvalue weighted by atomic mass is 35.5.